The van der Waals surface area contributed by atoms with E-state index in [1.54, 1.807) is 0 Å². The summed E-state index contributed by atoms with van der Waals surface area (Å²) in [7, 11) is 0. The SMILES string of the molecule is CCC(=O)NC1CCC(c2ccc(N)cc2)CC1. The number of benzene rings is 1. The number of amides is 1. The molecule has 0 saturated heterocycles. The van der Waals surface area contributed by atoms with E-state index in [1.165, 1.54) is 5.56 Å². The second-order valence-electron chi connectivity index (χ2n) is 5.14. The van der Waals surface area contributed by atoms with E-state index in [9.17, 15) is 4.79 Å². The van der Waals surface area contributed by atoms with Crippen LogP contribution in [0.2, 0.25) is 0 Å². The van der Waals surface area contributed by atoms with Crippen molar-refractivity contribution in [2.45, 2.75) is 51.0 Å². The van der Waals surface area contributed by atoms with Gasteiger partial charge in [0.15, 0.2) is 0 Å². The van der Waals surface area contributed by atoms with Crippen molar-refractivity contribution >= 4 is 11.6 Å². The molecule has 0 bridgehead atoms. The molecule has 1 saturated carbocycles. The van der Waals surface area contributed by atoms with Crippen LogP contribution in [0.1, 0.15) is 50.5 Å². The molecule has 1 fully saturated rings. The monoisotopic (exact) mass is 246 g/mol. The van der Waals surface area contributed by atoms with E-state index in [-0.39, 0.29) is 5.91 Å². The number of anilines is 1. The van der Waals surface area contributed by atoms with E-state index in [2.05, 4.69) is 17.4 Å². The zero-order valence-electron chi connectivity index (χ0n) is 11.0. The molecule has 1 aliphatic carbocycles. The van der Waals surface area contributed by atoms with Gasteiger partial charge in [-0.25, -0.2) is 0 Å². The predicted octanol–water partition coefficient (Wildman–Crippen LogP) is 2.82. The maximum atomic E-state index is 11.3. The molecule has 98 valence electrons. The van der Waals surface area contributed by atoms with E-state index < -0.39 is 0 Å². The van der Waals surface area contributed by atoms with Crippen LogP contribution < -0.4 is 11.1 Å². The third-order valence-electron chi connectivity index (χ3n) is 3.82. The van der Waals surface area contributed by atoms with Crippen molar-refractivity contribution in [3.63, 3.8) is 0 Å². The van der Waals surface area contributed by atoms with Crippen LogP contribution in [0.15, 0.2) is 24.3 Å². The highest BCUT2D eigenvalue weighted by Gasteiger charge is 2.22. The summed E-state index contributed by atoms with van der Waals surface area (Å²) in [5.74, 6) is 0.798. The average Bonchev–Trinajstić information content (AvgIpc) is 2.40. The largest absolute Gasteiger partial charge is 0.399 e. The van der Waals surface area contributed by atoms with Crippen LogP contribution >= 0.6 is 0 Å². The average molecular weight is 246 g/mol. The Kier molecular flexibility index (Phi) is 4.24. The first-order valence-corrected chi connectivity index (χ1v) is 6.84. The fraction of sp³-hybridized carbons (Fsp3) is 0.533. The zero-order valence-corrected chi connectivity index (χ0v) is 11.0. The molecule has 0 aromatic heterocycles. The van der Waals surface area contributed by atoms with Gasteiger partial charge >= 0.3 is 0 Å². The smallest absolute Gasteiger partial charge is 0.219 e. The van der Waals surface area contributed by atoms with Crippen LogP contribution in [-0.4, -0.2) is 11.9 Å². The molecule has 0 unspecified atom stereocenters. The molecule has 0 heterocycles. The summed E-state index contributed by atoms with van der Waals surface area (Å²) >= 11 is 0. The van der Waals surface area contributed by atoms with E-state index in [0.29, 0.717) is 18.4 Å². The number of rotatable bonds is 3. The van der Waals surface area contributed by atoms with Gasteiger partial charge in [0.25, 0.3) is 0 Å². The lowest BCUT2D eigenvalue weighted by molar-refractivity contribution is -0.121. The van der Waals surface area contributed by atoms with Gasteiger partial charge in [-0.05, 0) is 49.3 Å². The molecule has 1 amide bonds. The van der Waals surface area contributed by atoms with Crippen LogP contribution in [-0.2, 0) is 4.79 Å². The van der Waals surface area contributed by atoms with Gasteiger partial charge in [0, 0.05) is 18.2 Å². The Bertz CT molecular complexity index is 391. The lowest BCUT2D eigenvalue weighted by Crippen LogP contribution is -2.36. The molecule has 3 heteroatoms. The molecule has 1 aliphatic rings. The van der Waals surface area contributed by atoms with Gasteiger partial charge in [-0.2, -0.15) is 0 Å². The number of nitrogens with two attached hydrogens (primary N) is 1. The Labute approximate surface area is 109 Å². The fourth-order valence-electron chi connectivity index (χ4n) is 2.67. The molecule has 18 heavy (non-hydrogen) atoms. The molecule has 1 aromatic rings. The molecule has 2 rings (SSSR count). The summed E-state index contributed by atoms with van der Waals surface area (Å²) in [4.78, 5) is 11.3. The van der Waals surface area contributed by atoms with Crippen molar-refractivity contribution in [2.24, 2.45) is 0 Å². The van der Waals surface area contributed by atoms with Gasteiger partial charge < -0.3 is 11.1 Å². The minimum atomic E-state index is 0.172. The molecule has 0 aliphatic heterocycles. The van der Waals surface area contributed by atoms with Crippen molar-refractivity contribution in [1.82, 2.24) is 5.32 Å². The first-order chi connectivity index (χ1) is 8.69. The quantitative estimate of drug-likeness (QED) is 0.806. The van der Waals surface area contributed by atoms with Crippen molar-refractivity contribution in [3.05, 3.63) is 29.8 Å². The van der Waals surface area contributed by atoms with Crippen LogP contribution in [0.4, 0.5) is 5.69 Å². The molecule has 0 radical (unpaired) electrons. The van der Waals surface area contributed by atoms with Crippen LogP contribution in [0, 0.1) is 0 Å². The molecule has 3 nitrogen and oxygen atoms in total. The van der Waals surface area contributed by atoms with Crippen molar-refractivity contribution in [3.8, 4) is 0 Å². The highest BCUT2D eigenvalue weighted by atomic mass is 16.1. The molecule has 0 atom stereocenters. The summed E-state index contributed by atoms with van der Waals surface area (Å²) in [6, 6.07) is 8.58. The number of carbonyl (C=O) groups is 1. The minimum Gasteiger partial charge on any atom is -0.399 e. The highest BCUT2D eigenvalue weighted by molar-refractivity contribution is 5.75. The van der Waals surface area contributed by atoms with Crippen LogP contribution in [0.25, 0.3) is 0 Å². The van der Waals surface area contributed by atoms with Gasteiger partial charge in [-0.15, -0.1) is 0 Å². The number of nitrogens with one attached hydrogen (secondary N) is 1. The Morgan fingerprint density at radius 3 is 2.39 bits per heavy atom. The second kappa shape index (κ2) is 5.89. The van der Waals surface area contributed by atoms with Crippen LogP contribution in [0.3, 0.4) is 0 Å². The third-order valence-corrected chi connectivity index (χ3v) is 3.82. The Morgan fingerprint density at radius 2 is 1.83 bits per heavy atom. The Morgan fingerprint density at radius 1 is 1.22 bits per heavy atom. The predicted molar refractivity (Wildman–Crippen MR) is 74.3 cm³/mol. The number of carbonyl (C=O) groups excluding carboxylic acids is 1. The molecule has 3 N–H and O–H groups in total. The van der Waals surface area contributed by atoms with Crippen molar-refractivity contribution in [2.75, 3.05) is 5.73 Å². The summed E-state index contributed by atoms with van der Waals surface area (Å²) in [6.45, 7) is 1.90. The first-order valence-electron chi connectivity index (χ1n) is 6.84. The van der Waals surface area contributed by atoms with Gasteiger partial charge in [0.1, 0.15) is 0 Å². The maximum absolute atomic E-state index is 11.3. The van der Waals surface area contributed by atoms with Crippen LogP contribution in [0.5, 0.6) is 0 Å². The Balaban J connectivity index is 1.86. The lowest BCUT2D eigenvalue weighted by atomic mass is 9.81. The van der Waals surface area contributed by atoms with Gasteiger partial charge in [0.05, 0.1) is 0 Å². The minimum absolute atomic E-state index is 0.172. The molecular weight excluding hydrogens is 224 g/mol. The number of hydrogen-bond donors (Lipinski definition) is 2. The molecular formula is C15H22N2O. The second-order valence-corrected chi connectivity index (χ2v) is 5.14. The van der Waals surface area contributed by atoms with E-state index >= 15 is 0 Å². The van der Waals surface area contributed by atoms with Crippen molar-refractivity contribution in [1.29, 1.82) is 0 Å². The van der Waals surface area contributed by atoms with E-state index in [4.69, 9.17) is 5.73 Å². The molecule has 0 spiro atoms. The third kappa shape index (κ3) is 3.25. The van der Waals surface area contributed by atoms with Gasteiger partial charge in [-0.3, -0.25) is 4.79 Å². The number of nitrogen functional groups attached to an aromatic ring is 1. The zero-order chi connectivity index (χ0) is 13.0. The summed E-state index contributed by atoms with van der Waals surface area (Å²) in [5, 5.41) is 3.09. The topological polar surface area (TPSA) is 55.1 Å². The standard InChI is InChI=1S/C15H22N2O/c1-2-15(18)17-14-9-5-12(6-10-14)11-3-7-13(16)8-4-11/h3-4,7-8,12,14H,2,5-6,9-10,16H2,1H3,(H,17,18). The summed E-state index contributed by atoms with van der Waals surface area (Å²) < 4.78 is 0. The first kappa shape index (κ1) is 12.9. The lowest BCUT2D eigenvalue weighted by Gasteiger charge is -2.29. The summed E-state index contributed by atoms with van der Waals surface area (Å²) in [5.41, 5.74) is 7.90. The van der Waals surface area contributed by atoms with Gasteiger partial charge in [-0.1, -0.05) is 19.1 Å². The normalized spacial score (nSPS) is 23.6. The summed E-state index contributed by atoms with van der Waals surface area (Å²) in [6.07, 6.45) is 5.05. The van der Waals surface area contributed by atoms with Crippen molar-refractivity contribution < 1.29 is 4.79 Å². The fourth-order valence-corrected chi connectivity index (χ4v) is 2.67. The van der Waals surface area contributed by atoms with E-state index in [1.807, 2.05) is 19.1 Å². The highest BCUT2D eigenvalue weighted by Crippen LogP contribution is 2.33. The molecule has 1 aromatic carbocycles. The van der Waals surface area contributed by atoms with E-state index in [0.717, 1.165) is 31.4 Å². The Hall–Kier alpha value is -1.51. The maximum Gasteiger partial charge on any atom is 0.219 e. The number of hydrogen-bond acceptors (Lipinski definition) is 2. The van der Waals surface area contributed by atoms with Gasteiger partial charge in [0.2, 0.25) is 5.91 Å².